The molecule has 3 amide bonds. The predicted molar refractivity (Wildman–Crippen MR) is 66.2 cm³/mol. The van der Waals surface area contributed by atoms with Crippen molar-refractivity contribution in [3.63, 3.8) is 0 Å². The molecule has 1 aliphatic rings. The first kappa shape index (κ1) is 15.4. The molecule has 0 radical (unpaired) electrons. The summed E-state index contributed by atoms with van der Waals surface area (Å²) in [5.74, 6) is -0.989. The van der Waals surface area contributed by atoms with Crippen LogP contribution in [0.25, 0.3) is 0 Å². The molecule has 1 fully saturated rings. The second-order valence-electron chi connectivity index (χ2n) is 4.42. The van der Waals surface area contributed by atoms with Crippen molar-refractivity contribution < 1.29 is 24.2 Å². The molecule has 1 atom stereocenters. The van der Waals surface area contributed by atoms with Crippen molar-refractivity contribution in [2.45, 2.75) is 38.6 Å². The number of nitrogens with zero attached hydrogens (tertiary/aromatic N) is 1. The van der Waals surface area contributed by atoms with Crippen LogP contribution in [0.2, 0.25) is 0 Å². The Bertz CT molecular complexity index is 371. The summed E-state index contributed by atoms with van der Waals surface area (Å²) in [6.45, 7) is 3.39. The molecule has 2 N–H and O–H groups in total. The van der Waals surface area contributed by atoms with E-state index in [0.717, 1.165) is 4.90 Å². The molecule has 1 saturated heterocycles. The Labute approximate surface area is 111 Å². The molecule has 0 bridgehead atoms. The number of aliphatic hydroxyl groups is 1. The molecule has 0 saturated carbocycles. The summed E-state index contributed by atoms with van der Waals surface area (Å²) >= 11 is 0. The Morgan fingerprint density at radius 1 is 1.42 bits per heavy atom. The maximum atomic E-state index is 12.3. The van der Waals surface area contributed by atoms with E-state index in [4.69, 9.17) is 9.84 Å². The molecule has 0 aliphatic carbocycles. The van der Waals surface area contributed by atoms with Gasteiger partial charge in [-0.1, -0.05) is 13.3 Å². The van der Waals surface area contributed by atoms with Gasteiger partial charge in [-0.3, -0.25) is 14.5 Å². The van der Waals surface area contributed by atoms with Crippen LogP contribution in [0, 0.1) is 0 Å². The first-order chi connectivity index (χ1) is 9.00. The van der Waals surface area contributed by atoms with Crippen molar-refractivity contribution in [1.29, 1.82) is 0 Å². The lowest BCUT2D eigenvalue weighted by Gasteiger charge is -2.25. The third kappa shape index (κ3) is 3.23. The highest BCUT2D eigenvalue weighted by molar-refractivity contribution is 6.08. The van der Waals surface area contributed by atoms with Crippen molar-refractivity contribution >= 4 is 17.9 Å². The number of rotatable bonds is 7. The van der Waals surface area contributed by atoms with Gasteiger partial charge < -0.3 is 15.2 Å². The molecule has 1 rings (SSSR count). The average molecular weight is 272 g/mol. The smallest absolute Gasteiger partial charge is 0.325 e. The minimum Gasteiger partial charge on any atom is -0.466 e. The molecule has 1 unspecified atom stereocenters. The van der Waals surface area contributed by atoms with Gasteiger partial charge in [-0.05, 0) is 13.3 Å². The van der Waals surface area contributed by atoms with Gasteiger partial charge in [0.15, 0.2) is 0 Å². The fourth-order valence-corrected chi connectivity index (χ4v) is 2.24. The van der Waals surface area contributed by atoms with E-state index in [9.17, 15) is 14.4 Å². The maximum Gasteiger partial charge on any atom is 0.325 e. The predicted octanol–water partition coefficient (Wildman–Crippen LogP) is 0.0226. The Morgan fingerprint density at radius 2 is 2.11 bits per heavy atom. The lowest BCUT2D eigenvalue weighted by atomic mass is 9.90. The number of imide groups is 1. The Kier molecular flexibility index (Phi) is 5.29. The minimum atomic E-state index is -1.23. The standard InChI is InChI=1S/C12H20N2O5/c1-3-5-12(8-9(16)19-4-2)10(17)14(6-7-15)11(18)13-12/h15H,3-8H2,1-2H3,(H,13,18). The first-order valence-corrected chi connectivity index (χ1v) is 6.41. The lowest BCUT2D eigenvalue weighted by molar-refractivity contribution is -0.148. The Balaban J connectivity index is 2.90. The number of nitrogens with one attached hydrogen (secondary N) is 1. The summed E-state index contributed by atoms with van der Waals surface area (Å²) in [4.78, 5) is 36.6. The molecular weight excluding hydrogens is 252 g/mol. The van der Waals surface area contributed by atoms with Gasteiger partial charge in [-0.15, -0.1) is 0 Å². The molecule has 19 heavy (non-hydrogen) atoms. The van der Waals surface area contributed by atoms with Crippen molar-refractivity contribution in [1.82, 2.24) is 10.2 Å². The maximum absolute atomic E-state index is 12.3. The number of ether oxygens (including phenoxy) is 1. The monoisotopic (exact) mass is 272 g/mol. The van der Waals surface area contributed by atoms with E-state index in [-0.39, 0.29) is 26.2 Å². The third-order valence-corrected chi connectivity index (χ3v) is 3.00. The molecule has 7 nitrogen and oxygen atoms in total. The van der Waals surface area contributed by atoms with E-state index in [1.54, 1.807) is 6.92 Å². The topological polar surface area (TPSA) is 95.9 Å². The summed E-state index contributed by atoms with van der Waals surface area (Å²) in [6.07, 6.45) is 0.817. The molecule has 0 aromatic rings. The SMILES string of the molecule is CCCC1(CC(=O)OCC)NC(=O)N(CCO)C1=O. The van der Waals surface area contributed by atoms with Gasteiger partial charge in [-0.25, -0.2) is 4.79 Å². The number of hydrogen-bond donors (Lipinski definition) is 2. The van der Waals surface area contributed by atoms with E-state index in [1.165, 1.54) is 0 Å². The minimum absolute atomic E-state index is 0.0705. The summed E-state index contributed by atoms with van der Waals surface area (Å²) in [6, 6.07) is -0.572. The molecule has 0 aromatic carbocycles. The number of esters is 1. The van der Waals surface area contributed by atoms with Gasteiger partial charge in [0.1, 0.15) is 5.54 Å². The van der Waals surface area contributed by atoms with Crippen LogP contribution in [0.4, 0.5) is 4.79 Å². The number of hydrogen-bond acceptors (Lipinski definition) is 5. The van der Waals surface area contributed by atoms with E-state index in [1.807, 2.05) is 6.92 Å². The second kappa shape index (κ2) is 6.51. The van der Waals surface area contributed by atoms with Crippen LogP contribution in [-0.2, 0) is 14.3 Å². The normalized spacial score (nSPS) is 22.6. The van der Waals surface area contributed by atoms with Crippen LogP contribution in [0.5, 0.6) is 0 Å². The van der Waals surface area contributed by atoms with Gasteiger partial charge in [0, 0.05) is 0 Å². The molecule has 0 spiro atoms. The number of aliphatic hydroxyl groups excluding tert-OH is 1. The summed E-state index contributed by atoms with van der Waals surface area (Å²) in [5, 5.41) is 11.4. The molecular formula is C12H20N2O5. The number of β-amino-alcohol motifs (C(OH)–C–C–N with tert-alkyl or cyclic N) is 1. The number of amides is 3. The van der Waals surface area contributed by atoms with Crippen molar-refractivity contribution in [3.8, 4) is 0 Å². The van der Waals surface area contributed by atoms with E-state index in [0.29, 0.717) is 12.8 Å². The molecule has 108 valence electrons. The first-order valence-electron chi connectivity index (χ1n) is 6.41. The summed E-state index contributed by atoms with van der Waals surface area (Å²) < 4.78 is 4.84. The largest absolute Gasteiger partial charge is 0.466 e. The van der Waals surface area contributed by atoms with Crippen molar-refractivity contribution in [3.05, 3.63) is 0 Å². The number of urea groups is 1. The van der Waals surface area contributed by atoms with E-state index >= 15 is 0 Å². The zero-order valence-corrected chi connectivity index (χ0v) is 11.3. The van der Waals surface area contributed by atoms with Gasteiger partial charge in [-0.2, -0.15) is 0 Å². The van der Waals surface area contributed by atoms with E-state index in [2.05, 4.69) is 5.32 Å². The van der Waals surface area contributed by atoms with Crippen molar-refractivity contribution in [2.75, 3.05) is 19.8 Å². The van der Waals surface area contributed by atoms with Gasteiger partial charge in [0.05, 0.1) is 26.2 Å². The Morgan fingerprint density at radius 3 is 2.63 bits per heavy atom. The zero-order chi connectivity index (χ0) is 14.5. The third-order valence-electron chi connectivity index (χ3n) is 3.00. The second-order valence-corrected chi connectivity index (χ2v) is 4.42. The van der Waals surface area contributed by atoms with Crippen LogP contribution in [0.1, 0.15) is 33.1 Å². The summed E-state index contributed by atoms with van der Waals surface area (Å²) in [5.41, 5.74) is -1.23. The molecule has 1 heterocycles. The van der Waals surface area contributed by atoms with Crippen LogP contribution in [0.15, 0.2) is 0 Å². The fourth-order valence-electron chi connectivity index (χ4n) is 2.24. The molecule has 7 heteroatoms. The highest BCUT2D eigenvalue weighted by Crippen LogP contribution is 2.27. The quantitative estimate of drug-likeness (QED) is 0.503. The van der Waals surface area contributed by atoms with E-state index < -0.39 is 23.4 Å². The number of carbonyl (C=O) groups excluding carboxylic acids is 3. The van der Waals surface area contributed by atoms with Gasteiger partial charge in [0.25, 0.3) is 5.91 Å². The molecule has 0 aromatic heterocycles. The van der Waals surface area contributed by atoms with Crippen LogP contribution < -0.4 is 5.32 Å². The van der Waals surface area contributed by atoms with Gasteiger partial charge in [0.2, 0.25) is 0 Å². The van der Waals surface area contributed by atoms with Crippen molar-refractivity contribution in [2.24, 2.45) is 0 Å². The average Bonchev–Trinajstić information content (AvgIpc) is 2.55. The number of carbonyl (C=O) groups is 3. The fraction of sp³-hybridized carbons (Fsp3) is 0.750. The summed E-state index contributed by atoms with van der Waals surface area (Å²) in [7, 11) is 0. The molecule has 1 aliphatic heterocycles. The van der Waals surface area contributed by atoms with Crippen LogP contribution in [-0.4, -0.2) is 53.2 Å². The highest BCUT2D eigenvalue weighted by atomic mass is 16.5. The van der Waals surface area contributed by atoms with Crippen LogP contribution in [0.3, 0.4) is 0 Å². The lowest BCUT2D eigenvalue weighted by Crippen LogP contribution is -2.49. The van der Waals surface area contributed by atoms with Crippen LogP contribution >= 0.6 is 0 Å². The van der Waals surface area contributed by atoms with Gasteiger partial charge >= 0.3 is 12.0 Å². The Hall–Kier alpha value is -1.63. The highest BCUT2D eigenvalue weighted by Gasteiger charge is 2.51. The zero-order valence-electron chi connectivity index (χ0n) is 11.3.